The number of ether oxygens (including phenoxy) is 1. The van der Waals surface area contributed by atoms with Crippen LogP contribution in [0, 0.1) is 0 Å². The van der Waals surface area contributed by atoms with E-state index < -0.39 is 11.9 Å². The highest BCUT2D eigenvalue weighted by molar-refractivity contribution is 5.63. The van der Waals surface area contributed by atoms with Crippen LogP contribution in [0.4, 0.5) is 13.2 Å². The first-order valence-corrected chi connectivity index (χ1v) is 7.27. The maximum atomic E-state index is 12.5. The van der Waals surface area contributed by atoms with Crippen LogP contribution in [-0.2, 0) is 6.18 Å². The minimum absolute atomic E-state index is 0.644. The van der Waals surface area contributed by atoms with E-state index in [9.17, 15) is 13.2 Å². The molecule has 0 amide bonds. The summed E-state index contributed by atoms with van der Waals surface area (Å²) in [7, 11) is 0. The molecule has 1 aromatic carbocycles. The van der Waals surface area contributed by atoms with Crippen molar-refractivity contribution in [1.29, 1.82) is 0 Å². The molecule has 0 saturated carbocycles. The van der Waals surface area contributed by atoms with Crippen LogP contribution >= 0.6 is 0 Å². The summed E-state index contributed by atoms with van der Waals surface area (Å²) >= 11 is 0. The Balaban J connectivity index is 2.01. The highest BCUT2D eigenvalue weighted by Gasteiger charge is 2.31. The molecule has 0 spiro atoms. The Morgan fingerprint density at radius 1 is 0.955 bits per heavy atom. The standard InChI is InChI=1S/C17H18F3NO/c1-2-3-4-11-22-15-8-5-13(6-9-15)14-7-10-16(21-12-14)17(18,19)20/h5-10,12H,2-4,11H2,1H3. The Morgan fingerprint density at radius 3 is 2.18 bits per heavy atom. The first-order chi connectivity index (χ1) is 10.5. The zero-order valence-corrected chi connectivity index (χ0v) is 12.4. The summed E-state index contributed by atoms with van der Waals surface area (Å²) in [4.78, 5) is 3.46. The molecule has 1 aromatic heterocycles. The monoisotopic (exact) mass is 309 g/mol. The van der Waals surface area contributed by atoms with Gasteiger partial charge in [0, 0.05) is 11.8 Å². The highest BCUT2D eigenvalue weighted by atomic mass is 19.4. The third-order valence-electron chi connectivity index (χ3n) is 3.26. The van der Waals surface area contributed by atoms with E-state index in [1.807, 2.05) is 24.3 Å². The fourth-order valence-corrected chi connectivity index (χ4v) is 2.02. The summed E-state index contributed by atoms with van der Waals surface area (Å²) < 4.78 is 43.0. The van der Waals surface area contributed by atoms with Crippen molar-refractivity contribution in [2.24, 2.45) is 0 Å². The van der Waals surface area contributed by atoms with Crippen LogP contribution < -0.4 is 4.74 Å². The molecule has 2 nitrogen and oxygen atoms in total. The predicted molar refractivity (Wildman–Crippen MR) is 79.7 cm³/mol. The summed E-state index contributed by atoms with van der Waals surface area (Å²) in [5, 5.41) is 0. The average molecular weight is 309 g/mol. The molecule has 0 fully saturated rings. The maximum Gasteiger partial charge on any atom is 0.433 e. The number of benzene rings is 1. The first-order valence-electron chi connectivity index (χ1n) is 7.27. The van der Waals surface area contributed by atoms with Crippen LogP contribution in [0.25, 0.3) is 11.1 Å². The van der Waals surface area contributed by atoms with E-state index in [2.05, 4.69) is 11.9 Å². The molecule has 2 aromatic rings. The molecule has 0 saturated heterocycles. The summed E-state index contributed by atoms with van der Waals surface area (Å²) in [6, 6.07) is 9.69. The van der Waals surface area contributed by atoms with Crippen LogP contribution in [0.5, 0.6) is 5.75 Å². The van der Waals surface area contributed by atoms with Crippen molar-refractivity contribution in [3.8, 4) is 16.9 Å². The second-order valence-corrected chi connectivity index (χ2v) is 5.01. The molecule has 0 unspecified atom stereocenters. The van der Waals surface area contributed by atoms with Crippen LogP contribution in [-0.4, -0.2) is 11.6 Å². The molecule has 118 valence electrons. The van der Waals surface area contributed by atoms with E-state index in [-0.39, 0.29) is 0 Å². The molecule has 0 aliphatic rings. The molecular weight excluding hydrogens is 291 g/mol. The van der Waals surface area contributed by atoms with E-state index in [0.717, 1.165) is 36.6 Å². The molecule has 0 atom stereocenters. The van der Waals surface area contributed by atoms with Gasteiger partial charge in [0.05, 0.1) is 6.61 Å². The molecule has 5 heteroatoms. The zero-order chi connectivity index (χ0) is 16.0. The largest absolute Gasteiger partial charge is 0.494 e. The molecule has 0 aliphatic carbocycles. The Bertz CT molecular complexity index is 576. The van der Waals surface area contributed by atoms with Gasteiger partial charge in [-0.1, -0.05) is 38.0 Å². The normalized spacial score (nSPS) is 11.5. The van der Waals surface area contributed by atoms with Crippen molar-refractivity contribution < 1.29 is 17.9 Å². The van der Waals surface area contributed by atoms with Crippen molar-refractivity contribution in [2.75, 3.05) is 6.61 Å². The molecule has 0 bridgehead atoms. The summed E-state index contributed by atoms with van der Waals surface area (Å²) in [6.45, 7) is 2.81. The third kappa shape index (κ3) is 4.48. The fraction of sp³-hybridized carbons (Fsp3) is 0.353. The number of hydrogen-bond donors (Lipinski definition) is 0. The van der Waals surface area contributed by atoms with E-state index in [0.29, 0.717) is 12.2 Å². The van der Waals surface area contributed by atoms with Crippen LogP contribution in [0.3, 0.4) is 0 Å². The van der Waals surface area contributed by atoms with Gasteiger partial charge < -0.3 is 4.74 Å². The topological polar surface area (TPSA) is 22.1 Å². The smallest absolute Gasteiger partial charge is 0.433 e. The summed E-state index contributed by atoms with van der Waals surface area (Å²) in [5.74, 6) is 0.764. The lowest BCUT2D eigenvalue weighted by atomic mass is 10.1. The SMILES string of the molecule is CCCCCOc1ccc(-c2ccc(C(F)(F)F)nc2)cc1. The Labute approximate surface area is 128 Å². The third-order valence-corrected chi connectivity index (χ3v) is 3.26. The van der Waals surface area contributed by atoms with Crippen molar-refractivity contribution in [3.63, 3.8) is 0 Å². The number of unbranched alkanes of at least 4 members (excludes halogenated alkanes) is 2. The number of hydrogen-bond acceptors (Lipinski definition) is 2. The molecule has 22 heavy (non-hydrogen) atoms. The van der Waals surface area contributed by atoms with Gasteiger partial charge in [0.1, 0.15) is 11.4 Å². The molecule has 0 radical (unpaired) electrons. The van der Waals surface area contributed by atoms with Gasteiger partial charge in [-0.15, -0.1) is 0 Å². The van der Waals surface area contributed by atoms with Crippen molar-refractivity contribution >= 4 is 0 Å². The minimum Gasteiger partial charge on any atom is -0.494 e. The van der Waals surface area contributed by atoms with Gasteiger partial charge in [-0.3, -0.25) is 4.98 Å². The lowest BCUT2D eigenvalue weighted by molar-refractivity contribution is -0.141. The molecule has 0 N–H and O–H groups in total. The number of pyridine rings is 1. The fourth-order valence-electron chi connectivity index (χ4n) is 2.02. The number of rotatable bonds is 6. The van der Waals surface area contributed by atoms with Gasteiger partial charge in [-0.2, -0.15) is 13.2 Å². The van der Waals surface area contributed by atoms with E-state index in [1.54, 1.807) is 0 Å². The minimum atomic E-state index is -4.41. The van der Waals surface area contributed by atoms with Gasteiger partial charge in [-0.05, 0) is 30.2 Å². The Morgan fingerprint density at radius 2 is 1.64 bits per heavy atom. The maximum absolute atomic E-state index is 12.5. The number of halogens is 3. The van der Waals surface area contributed by atoms with E-state index in [1.165, 1.54) is 12.3 Å². The zero-order valence-electron chi connectivity index (χ0n) is 12.4. The Kier molecular flexibility index (Phi) is 5.41. The lowest BCUT2D eigenvalue weighted by Crippen LogP contribution is -2.07. The first kappa shape index (κ1) is 16.3. The highest BCUT2D eigenvalue weighted by Crippen LogP contribution is 2.29. The lowest BCUT2D eigenvalue weighted by Gasteiger charge is -2.08. The van der Waals surface area contributed by atoms with Gasteiger partial charge in [-0.25, -0.2) is 0 Å². The van der Waals surface area contributed by atoms with Gasteiger partial charge >= 0.3 is 6.18 Å². The second kappa shape index (κ2) is 7.29. The van der Waals surface area contributed by atoms with E-state index >= 15 is 0 Å². The predicted octanol–water partition coefficient (Wildman–Crippen LogP) is 5.34. The molecule has 0 aliphatic heterocycles. The average Bonchev–Trinajstić information content (AvgIpc) is 2.51. The van der Waals surface area contributed by atoms with Crippen molar-refractivity contribution in [2.45, 2.75) is 32.4 Å². The van der Waals surface area contributed by atoms with Crippen LogP contribution in [0.2, 0.25) is 0 Å². The quantitative estimate of drug-likeness (QED) is 0.672. The number of nitrogens with zero attached hydrogens (tertiary/aromatic N) is 1. The molecule has 2 rings (SSSR count). The van der Waals surface area contributed by atoms with Crippen LogP contribution in [0.15, 0.2) is 42.6 Å². The molecular formula is C17H18F3NO. The van der Waals surface area contributed by atoms with Gasteiger partial charge in [0.15, 0.2) is 0 Å². The van der Waals surface area contributed by atoms with Crippen molar-refractivity contribution in [1.82, 2.24) is 4.98 Å². The van der Waals surface area contributed by atoms with E-state index in [4.69, 9.17) is 4.74 Å². The van der Waals surface area contributed by atoms with Crippen molar-refractivity contribution in [3.05, 3.63) is 48.3 Å². The summed E-state index contributed by atoms with van der Waals surface area (Å²) in [5.41, 5.74) is 0.569. The number of aromatic nitrogens is 1. The molecule has 1 heterocycles. The van der Waals surface area contributed by atoms with Gasteiger partial charge in [0.2, 0.25) is 0 Å². The summed E-state index contributed by atoms with van der Waals surface area (Å²) in [6.07, 6.45) is 0.119. The Hall–Kier alpha value is -2.04. The van der Waals surface area contributed by atoms with Crippen LogP contribution in [0.1, 0.15) is 31.9 Å². The second-order valence-electron chi connectivity index (χ2n) is 5.01. The number of alkyl halides is 3. The van der Waals surface area contributed by atoms with Gasteiger partial charge in [0.25, 0.3) is 0 Å².